The van der Waals surface area contributed by atoms with Gasteiger partial charge in [0.2, 0.25) is 0 Å². The lowest BCUT2D eigenvalue weighted by Crippen LogP contribution is -2.44. The second-order valence-corrected chi connectivity index (χ2v) is 15.2. The maximum Gasteiger partial charge on any atom is 0.499 e. The Morgan fingerprint density at radius 1 is 1.00 bits per heavy atom. The van der Waals surface area contributed by atoms with E-state index >= 15 is 0 Å². The molecular formula is C17H30FNO4Si2. The van der Waals surface area contributed by atoms with Crippen LogP contribution in [0.4, 0.5) is 14.9 Å². The number of hydrogen-bond donors (Lipinski definition) is 0. The van der Waals surface area contributed by atoms with Crippen LogP contribution in [-0.2, 0) is 13.3 Å². The van der Waals surface area contributed by atoms with E-state index in [9.17, 15) is 9.18 Å². The highest BCUT2D eigenvalue weighted by atomic mass is 28.4. The van der Waals surface area contributed by atoms with Gasteiger partial charge in [-0.15, -0.1) is 4.39 Å². The molecule has 0 unspecified atom stereocenters. The summed E-state index contributed by atoms with van der Waals surface area (Å²) in [6.45, 7) is 4.96. The summed E-state index contributed by atoms with van der Waals surface area (Å²) in [5.74, 6) is 0. The molecule has 1 amide bonds. The second-order valence-electron chi connectivity index (χ2n) is 6.80. The van der Waals surface area contributed by atoms with Crippen molar-refractivity contribution < 1.29 is 22.5 Å². The minimum absolute atomic E-state index is 0.386. The molecule has 0 N–H and O–H groups in total. The highest BCUT2D eigenvalue weighted by Crippen LogP contribution is 2.26. The van der Waals surface area contributed by atoms with Crippen LogP contribution >= 0.6 is 0 Å². The third-order valence-electron chi connectivity index (χ3n) is 4.56. The molecule has 0 bridgehead atoms. The Morgan fingerprint density at radius 3 is 2.04 bits per heavy atom. The molecule has 0 spiro atoms. The summed E-state index contributed by atoms with van der Waals surface area (Å²) in [6, 6.07) is 11.7. The number of amides is 1. The smallest absolute Gasteiger partial charge is 0.377 e. The minimum Gasteiger partial charge on any atom is -0.377 e. The Labute approximate surface area is 152 Å². The zero-order valence-electron chi connectivity index (χ0n) is 15.9. The van der Waals surface area contributed by atoms with Crippen molar-refractivity contribution in [2.75, 3.05) is 32.8 Å². The van der Waals surface area contributed by atoms with Crippen molar-refractivity contribution in [3.8, 4) is 0 Å². The molecule has 0 aliphatic heterocycles. The van der Waals surface area contributed by atoms with E-state index < -0.39 is 23.0 Å². The summed E-state index contributed by atoms with van der Waals surface area (Å²) in [5.41, 5.74) is 0.596. The Bertz CT molecular complexity index is 518. The Morgan fingerprint density at radius 2 is 1.56 bits per heavy atom. The van der Waals surface area contributed by atoms with Crippen molar-refractivity contribution in [2.24, 2.45) is 0 Å². The van der Waals surface area contributed by atoms with E-state index in [1.807, 2.05) is 6.07 Å². The normalized spacial score (nSPS) is 12.2. The van der Waals surface area contributed by atoms with Gasteiger partial charge in [-0.05, 0) is 18.6 Å². The lowest BCUT2D eigenvalue weighted by atomic mass is 10.3. The third kappa shape index (κ3) is 6.98. The van der Waals surface area contributed by atoms with Crippen molar-refractivity contribution in [3.05, 3.63) is 30.3 Å². The number of carbonyl (C=O) groups excluding carboxylic acids is 1. The van der Waals surface area contributed by atoms with E-state index in [1.165, 1.54) is 4.90 Å². The van der Waals surface area contributed by atoms with Gasteiger partial charge in [-0.25, -0.2) is 4.79 Å². The number of carbonyl (C=O) groups is 1. The van der Waals surface area contributed by atoms with Gasteiger partial charge in [0.05, 0.1) is 0 Å². The summed E-state index contributed by atoms with van der Waals surface area (Å²) in [4.78, 5) is 12.5. The Kier molecular flexibility index (Phi) is 8.94. The van der Waals surface area contributed by atoms with Crippen LogP contribution in [0.2, 0.25) is 31.2 Å². The number of anilines is 1. The van der Waals surface area contributed by atoms with Gasteiger partial charge in [0.25, 0.3) is 0 Å². The predicted molar refractivity (Wildman–Crippen MR) is 104 cm³/mol. The van der Waals surface area contributed by atoms with Gasteiger partial charge >= 0.3 is 15.0 Å². The molecule has 0 aliphatic carbocycles. The molecule has 5 nitrogen and oxygen atoms in total. The molecule has 0 aromatic heterocycles. The molecule has 142 valence electrons. The van der Waals surface area contributed by atoms with Crippen LogP contribution in [-0.4, -0.2) is 50.9 Å². The van der Waals surface area contributed by atoms with E-state index in [0.717, 1.165) is 24.6 Å². The van der Waals surface area contributed by atoms with Crippen LogP contribution in [0.1, 0.15) is 6.42 Å². The van der Waals surface area contributed by atoms with Crippen LogP contribution in [0.3, 0.4) is 0 Å². The summed E-state index contributed by atoms with van der Waals surface area (Å²) < 4.78 is 29.8. The van der Waals surface area contributed by atoms with Gasteiger partial charge in [0.15, 0.2) is 0 Å². The maximum atomic E-state index is 13.4. The van der Waals surface area contributed by atoms with Crippen molar-refractivity contribution >= 4 is 28.7 Å². The highest BCUT2D eigenvalue weighted by Gasteiger charge is 2.39. The first kappa shape index (κ1) is 22.0. The van der Waals surface area contributed by atoms with Crippen LogP contribution in [0, 0.1) is 0 Å². The first-order valence-corrected chi connectivity index (χ1v) is 13.8. The zero-order chi connectivity index (χ0) is 18.9. The summed E-state index contributed by atoms with van der Waals surface area (Å²) in [7, 11) is 0.791. The largest absolute Gasteiger partial charge is 0.499 e. The quantitative estimate of drug-likeness (QED) is 0.317. The molecule has 0 saturated heterocycles. The molecular weight excluding hydrogens is 357 g/mol. The van der Waals surface area contributed by atoms with E-state index in [-0.39, 0.29) is 0 Å². The lowest BCUT2D eigenvalue weighted by molar-refractivity contribution is 0.125. The van der Waals surface area contributed by atoms with Gasteiger partial charge in [-0.1, -0.05) is 43.4 Å². The SMILES string of the molecule is CO[Si](CC[Si](C)(C)CCCN(C(=O)F)c1ccccc1)(OC)OC. The zero-order valence-corrected chi connectivity index (χ0v) is 17.9. The van der Waals surface area contributed by atoms with E-state index in [2.05, 4.69) is 13.1 Å². The topological polar surface area (TPSA) is 48.0 Å². The van der Waals surface area contributed by atoms with E-state index in [1.54, 1.807) is 45.6 Å². The fourth-order valence-corrected chi connectivity index (χ4v) is 9.22. The number of nitrogens with zero attached hydrogens (tertiary/aromatic N) is 1. The van der Waals surface area contributed by atoms with Crippen molar-refractivity contribution in [1.29, 1.82) is 0 Å². The van der Waals surface area contributed by atoms with Crippen molar-refractivity contribution in [2.45, 2.75) is 37.6 Å². The molecule has 1 rings (SSSR count). The van der Waals surface area contributed by atoms with Crippen LogP contribution < -0.4 is 4.90 Å². The first-order chi connectivity index (χ1) is 11.8. The number of halogens is 1. The average molecular weight is 388 g/mol. The van der Waals surface area contributed by atoms with Crippen LogP contribution in [0.15, 0.2) is 30.3 Å². The monoisotopic (exact) mass is 387 g/mol. The second kappa shape index (κ2) is 10.2. The molecule has 0 fully saturated rings. The highest BCUT2D eigenvalue weighted by molar-refractivity contribution is 6.79. The maximum absolute atomic E-state index is 13.4. The number of rotatable bonds is 11. The molecule has 0 saturated carbocycles. The summed E-state index contributed by atoms with van der Waals surface area (Å²) in [6.07, 6.45) is -0.638. The molecule has 1 aromatic rings. The number of benzene rings is 1. The van der Waals surface area contributed by atoms with Crippen LogP contribution in [0.25, 0.3) is 0 Å². The first-order valence-electron chi connectivity index (χ1n) is 8.47. The van der Waals surface area contributed by atoms with E-state index in [4.69, 9.17) is 13.3 Å². The molecule has 0 atom stereocenters. The number of para-hydroxylation sites is 1. The predicted octanol–water partition coefficient (Wildman–Crippen LogP) is 4.56. The Hall–Kier alpha value is -1.07. The molecule has 25 heavy (non-hydrogen) atoms. The molecule has 8 heteroatoms. The molecule has 0 heterocycles. The molecule has 1 aromatic carbocycles. The fraction of sp³-hybridized carbons (Fsp3) is 0.588. The molecule has 0 aliphatic rings. The number of hydrogen-bond acceptors (Lipinski definition) is 4. The van der Waals surface area contributed by atoms with Gasteiger partial charge < -0.3 is 13.3 Å². The minimum atomic E-state index is -2.55. The third-order valence-corrected chi connectivity index (χ3v) is 11.1. The fourth-order valence-electron chi connectivity index (χ4n) is 2.81. The van der Waals surface area contributed by atoms with E-state index in [0.29, 0.717) is 12.2 Å². The standard InChI is InChI=1S/C17H30FNO4Si2/c1-21-25(22-2,23-3)15-14-24(4,5)13-9-12-19(17(18)20)16-10-7-6-8-11-16/h6-8,10-11H,9,12-15H2,1-5H3. The van der Waals surface area contributed by atoms with Crippen molar-refractivity contribution in [3.63, 3.8) is 0 Å². The molecule has 0 radical (unpaired) electrons. The van der Waals surface area contributed by atoms with Gasteiger partial charge in [0.1, 0.15) is 0 Å². The summed E-state index contributed by atoms with van der Waals surface area (Å²) >= 11 is 0. The van der Waals surface area contributed by atoms with Gasteiger partial charge in [0, 0.05) is 47.7 Å². The summed E-state index contributed by atoms with van der Waals surface area (Å²) in [5, 5.41) is 0. The van der Waals surface area contributed by atoms with Gasteiger partial charge in [-0.3, -0.25) is 4.90 Å². The Balaban J connectivity index is 2.56. The average Bonchev–Trinajstić information content (AvgIpc) is 2.61. The van der Waals surface area contributed by atoms with Crippen molar-refractivity contribution in [1.82, 2.24) is 0 Å². The van der Waals surface area contributed by atoms with Crippen LogP contribution in [0.5, 0.6) is 0 Å². The lowest BCUT2D eigenvalue weighted by Gasteiger charge is -2.29. The van der Waals surface area contributed by atoms with Gasteiger partial charge in [-0.2, -0.15) is 0 Å².